The number of aryl methyl sites for hydroxylation is 1. The van der Waals surface area contributed by atoms with Gasteiger partial charge in [-0.15, -0.1) is 0 Å². The van der Waals surface area contributed by atoms with E-state index < -0.39 is 15.9 Å². The van der Waals surface area contributed by atoms with Gasteiger partial charge in [0.2, 0.25) is 10.0 Å². The number of hydrogen-bond acceptors (Lipinski definition) is 4. The molecule has 22 heavy (non-hydrogen) atoms. The minimum atomic E-state index is -3.49. The highest BCUT2D eigenvalue weighted by molar-refractivity contribution is 7.89. The zero-order valence-corrected chi connectivity index (χ0v) is 13.8. The Bertz CT molecular complexity index is 778. The van der Waals surface area contributed by atoms with Crippen LogP contribution in [0, 0.1) is 0 Å². The average molecular weight is 343 g/mol. The highest BCUT2D eigenvalue weighted by Crippen LogP contribution is 2.19. The lowest BCUT2D eigenvalue weighted by Crippen LogP contribution is -2.22. The number of amides is 1. The first-order valence-electron chi connectivity index (χ1n) is 6.25. The number of rotatable bonds is 4. The zero-order chi connectivity index (χ0) is 16.5. The number of anilines is 1. The standard InChI is InChI=1S/C13H15ClN4O3S/c1-17(2)22(20,21)10-6-4-9(5-7-10)16-13(19)12-11(14)8-15-18(12)3/h4-8H,1-3H3,(H,16,19). The number of nitrogens with zero attached hydrogens (tertiary/aromatic N) is 3. The van der Waals surface area contributed by atoms with Crippen molar-refractivity contribution in [3.63, 3.8) is 0 Å². The maximum Gasteiger partial charge on any atom is 0.275 e. The van der Waals surface area contributed by atoms with Crippen LogP contribution in [0.4, 0.5) is 5.69 Å². The van der Waals surface area contributed by atoms with Gasteiger partial charge in [-0.25, -0.2) is 12.7 Å². The van der Waals surface area contributed by atoms with Gasteiger partial charge < -0.3 is 5.32 Å². The first-order valence-corrected chi connectivity index (χ1v) is 8.06. The second-order valence-electron chi connectivity index (χ2n) is 4.73. The molecule has 0 aliphatic rings. The number of halogens is 1. The third kappa shape index (κ3) is 3.13. The average Bonchev–Trinajstić information content (AvgIpc) is 2.78. The van der Waals surface area contributed by atoms with E-state index in [4.69, 9.17) is 11.6 Å². The number of carbonyl (C=O) groups is 1. The van der Waals surface area contributed by atoms with Crippen molar-refractivity contribution >= 4 is 33.2 Å². The van der Waals surface area contributed by atoms with Gasteiger partial charge in [-0.3, -0.25) is 9.48 Å². The Morgan fingerprint density at radius 1 is 1.27 bits per heavy atom. The van der Waals surface area contributed by atoms with E-state index in [1.165, 1.54) is 49.2 Å². The summed E-state index contributed by atoms with van der Waals surface area (Å²) in [5, 5.41) is 6.77. The molecule has 0 radical (unpaired) electrons. The second-order valence-corrected chi connectivity index (χ2v) is 7.29. The fourth-order valence-corrected chi connectivity index (χ4v) is 2.93. The predicted molar refractivity (Wildman–Crippen MR) is 83.5 cm³/mol. The van der Waals surface area contributed by atoms with E-state index in [1.54, 1.807) is 7.05 Å². The number of sulfonamides is 1. The van der Waals surface area contributed by atoms with Crippen LogP contribution in [-0.4, -0.2) is 42.5 Å². The fraction of sp³-hybridized carbons (Fsp3) is 0.231. The van der Waals surface area contributed by atoms with E-state index in [-0.39, 0.29) is 15.6 Å². The van der Waals surface area contributed by atoms with Crippen LogP contribution in [0.5, 0.6) is 0 Å². The summed E-state index contributed by atoms with van der Waals surface area (Å²) >= 11 is 5.90. The SMILES string of the molecule is CN(C)S(=O)(=O)c1ccc(NC(=O)c2c(Cl)cnn2C)cc1. The highest BCUT2D eigenvalue weighted by atomic mass is 35.5. The van der Waals surface area contributed by atoms with Gasteiger partial charge in [0, 0.05) is 26.8 Å². The maximum absolute atomic E-state index is 12.1. The van der Waals surface area contributed by atoms with Crippen LogP contribution >= 0.6 is 11.6 Å². The number of benzene rings is 1. The minimum Gasteiger partial charge on any atom is -0.321 e. The highest BCUT2D eigenvalue weighted by Gasteiger charge is 2.18. The van der Waals surface area contributed by atoms with Crippen LogP contribution in [0.25, 0.3) is 0 Å². The molecule has 2 rings (SSSR count). The number of nitrogens with one attached hydrogen (secondary N) is 1. The molecule has 0 saturated heterocycles. The van der Waals surface area contributed by atoms with Gasteiger partial charge in [0.25, 0.3) is 5.91 Å². The lowest BCUT2D eigenvalue weighted by Gasteiger charge is -2.12. The molecule has 0 saturated carbocycles. The van der Waals surface area contributed by atoms with E-state index in [0.717, 1.165) is 4.31 Å². The van der Waals surface area contributed by atoms with Gasteiger partial charge in [-0.1, -0.05) is 11.6 Å². The van der Waals surface area contributed by atoms with Crippen molar-refractivity contribution in [1.29, 1.82) is 0 Å². The number of aromatic nitrogens is 2. The smallest absolute Gasteiger partial charge is 0.275 e. The van der Waals surface area contributed by atoms with Crippen molar-refractivity contribution in [2.45, 2.75) is 4.90 Å². The molecule has 0 bridgehead atoms. The van der Waals surface area contributed by atoms with E-state index in [2.05, 4.69) is 10.4 Å². The Kier molecular flexibility index (Phi) is 4.55. The van der Waals surface area contributed by atoms with E-state index in [0.29, 0.717) is 5.69 Å². The molecular formula is C13H15ClN4O3S. The minimum absolute atomic E-state index is 0.147. The van der Waals surface area contributed by atoms with Crippen molar-refractivity contribution in [2.75, 3.05) is 19.4 Å². The van der Waals surface area contributed by atoms with Gasteiger partial charge >= 0.3 is 0 Å². The summed E-state index contributed by atoms with van der Waals surface area (Å²) in [4.78, 5) is 12.3. The number of hydrogen-bond donors (Lipinski definition) is 1. The Morgan fingerprint density at radius 3 is 2.32 bits per heavy atom. The molecule has 1 heterocycles. The molecule has 0 spiro atoms. The van der Waals surface area contributed by atoms with Crippen molar-refractivity contribution in [2.24, 2.45) is 7.05 Å². The third-order valence-corrected chi connectivity index (χ3v) is 5.11. The monoisotopic (exact) mass is 342 g/mol. The van der Waals surface area contributed by atoms with E-state index >= 15 is 0 Å². The van der Waals surface area contributed by atoms with Crippen LogP contribution in [0.3, 0.4) is 0 Å². The van der Waals surface area contributed by atoms with Crippen molar-refractivity contribution in [3.05, 3.63) is 41.2 Å². The van der Waals surface area contributed by atoms with E-state index in [1.807, 2.05) is 0 Å². The molecule has 9 heteroatoms. The Balaban J connectivity index is 2.21. The molecule has 118 valence electrons. The summed E-state index contributed by atoms with van der Waals surface area (Å²) in [5.74, 6) is -0.423. The van der Waals surface area contributed by atoms with Crippen molar-refractivity contribution in [3.8, 4) is 0 Å². The molecule has 1 aromatic heterocycles. The molecule has 7 nitrogen and oxygen atoms in total. The topological polar surface area (TPSA) is 84.3 Å². The summed E-state index contributed by atoms with van der Waals surface area (Å²) in [6, 6.07) is 5.88. The van der Waals surface area contributed by atoms with Crippen LogP contribution in [-0.2, 0) is 17.1 Å². The van der Waals surface area contributed by atoms with Gasteiger partial charge in [0.05, 0.1) is 16.1 Å². The molecule has 0 unspecified atom stereocenters. The Hall–Kier alpha value is -1.90. The molecule has 0 fully saturated rings. The lowest BCUT2D eigenvalue weighted by molar-refractivity contribution is 0.101. The van der Waals surface area contributed by atoms with Gasteiger partial charge in [-0.2, -0.15) is 5.10 Å². The van der Waals surface area contributed by atoms with Crippen molar-refractivity contribution in [1.82, 2.24) is 14.1 Å². The summed E-state index contributed by atoms with van der Waals surface area (Å²) < 4.78 is 26.4. The molecule has 1 aromatic carbocycles. The Labute approximate surface area is 133 Å². The number of carbonyl (C=O) groups excluding carboxylic acids is 1. The normalized spacial score (nSPS) is 11.7. The Morgan fingerprint density at radius 2 is 1.86 bits per heavy atom. The van der Waals surface area contributed by atoms with E-state index in [9.17, 15) is 13.2 Å². The van der Waals surface area contributed by atoms with Gasteiger partial charge in [0.15, 0.2) is 0 Å². The predicted octanol–water partition coefficient (Wildman–Crippen LogP) is 1.58. The fourth-order valence-electron chi connectivity index (χ4n) is 1.78. The van der Waals surface area contributed by atoms with Crippen molar-refractivity contribution < 1.29 is 13.2 Å². The molecule has 0 aliphatic carbocycles. The van der Waals surface area contributed by atoms with Gasteiger partial charge in [-0.05, 0) is 24.3 Å². The van der Waals surface area contributed by atoms with Gasteiger partial charge in [0.1, 0.15) is 5.69 Å². The first kappa shape index (κ1) is 16.5. The van der Waals surface area contributed by atoms with Crippen LogP contribution < -0.4 is 5.32 Å². The summed E-state index contributed by atoms with van der Waals surface area (Å²) in [7, 11) is 1.02. The largest absolute Gasteiger partial charge is 0.321 e. The van der Waals surface area contributed by atoms with Crippen LogP contribution in [0.2, 0.25) is 5.02 Å². The zero-order valence-electron chi connectivity index (χ0n) is 12.2. The molecule has 2 aromatic rings. The molecule has 1 N–H and O–H groups in total. The van der Waals surface area contributed by atoms with Crippen LogP contribution in [0.15, 0.2) is 35.4 Å². The first-order chi connectivity index (χ1) is 10.2. The molecule has 1 amide bonds. The third-order valence-electron chi connectivity index (χ3n) is 3.00. The summed E-state index contributed by atoms with van der Waals surface area (Å²) in [6.07, 6.45) is 1.38. The lowest BCUT2D eigenvalue weighted by atomic mass is 10.3. The van der Waals surface area contributed by atoms with Crippen LogP contribution in [0.1, 0.15) is 10.5 Å². The quantitative estimate of drug-likeness (QED) is 0.914. The summed E-state index contributed by atoms with van der Waals surface area (Å²) in [5.41, 5.74) is 0.687. The molecule has 0 aliphatic heterocycles. The molecular weight excluding hydrogens is 328 g/mol. The summed E-state index contributed by atoms with van der Waals surface area (Å²) in [6.45, 7) is 0. The second kappa shape index (κ2) is 6.07. The molecule has 0 atom stereocenters. The maximum atomic E-state index is 12.1.